The molecule has 9 heteroatoms. The van der Waals surface area contributed by atoms with Crippen LogP contribution in [0.4, 0.5) is 0 Å². The van der Waals surface area contributed by atoms with E-state index in [1.54, 1.807) is 0 Å². The number of epoxide rings is 3. The smallest absolute Gasteiger partial charge is 0.338 e. The zero-order valence-electron chi connectivity index (χ0n) is 21.0. The molecule has 3 saturated carbocycles. The van der Waals surface area contributed by atoms with Gasteiger partial charge in [0.2, 0.25) is 0 Å². The van der Waals surface area contributed by atoms with Gasteiger partial charge in [0.15, 0.2) is 24.4 Å². The Balaban J connectivity index is 1.03. The third-order valence-corrected chi connectivity index (χ3v) is 9.17. The minimum atomic E-state index is -0.905. The minimum Gasteiger partial charge on any atom is -0.460 e. The molecule has 9 nitrogen and oxygen atoms in total. The molecule has 0 aromatic rings. The molecular formula is C27H38O9. The molecule has 6 aliphatic rings. The molecular weight excluding hydrogens is 468 g/mol. The number of carbonyl (C=O) groups excluding carboxylic acids is 3. The maximum absolute atomic E-state index is 12.9. The van der Waals surface area contributed by atoms with Crippen molar-refractivity contribution in [1.29, 1.82) is 0 Å². The Morgan fingerprint density at radius 1 is 0.556 bits per heavy atom. The third kappa shape index (κ3) is 4.78. The average Bonchev–Trinajstić information content (AvgIpc) is 3.85. The van der Waals surface area contributed by atoms with E-state index in [9.17, 15) is 14.4 Å². The second-order valence-corrected chi connectivity index (χ2v) is 11.7. The zero-order valence-corrected chi connectivity index (χ0v) is 21.0. The molecule has 36 heavy (non-hydrogen) atoms. The number of hydrogen-bond donors (Lipinski definition) is 0. The molecule has 200 valence electrons. The molecule has 3 saturated heterocycles. The Bertz CT molecular complexity index is 818. The highest BCUT2D eigenvalue weighted by atomic mass is 16.7. The van der Waals surface area contributed by atoms with Crippen LogP contribution in [0.25, 0.3) is 0 Å². The van der Waals surface area contributed by atoms with Crippen LogP contribution in [-0.4, -0.2) is 72.3 Å². The lowest BCUT2D eigenvalue weighted by atomic mass is 9.86. The van der Waals surface area contributed by atoms with Gasteiger partial charge in [0.25, 0.3) is 0 Å². The van der Waals surface area contributed by atoms with Gasteiger partial charge in [-0.3, -0.25) is 0 Å². The molecule has 0 amide bonds. The Morgan fingerprint density at radius 2 is 0.889 bits per heavy atom. The summed E-state index contributed by atoms with van der Waals surface area (Å²) in [4.78, 5) is 38.2. The molecule has 0 radical (unpaired) electrons. The monoisotopic (exact) mass is 506 g/mol. The number of hydrogen-bond acceptors (Lipinski definition) is 9. The van der Waals surface area contributed by atoms with Gasteiger partial charge in [0, 0.05) is 0 Å². The molecule has 0 bridgehead atoms. The summed E-state index contributed by atoms with van der Waals surface area (Å²) in [7, 11) is 0. The molecule has 3 atom stereocenters. The summed E-state index contributed by atoms with van der Waals surface area (Å²) >= 11 is 0. The van der Waals surface area contributed by atoms with Gasteiger partial charge < -0.3 is 28.4 Å². The molecule has 0 N–H and O–H groups in total. The fourth-order valence-corrected chi connectivity index (χ4v) is 6.83. The zero-order chi connectivity index (χ0) is 24.8. The van der Waals surface area contributed by atoms with E-state index >= 15 is 0 Å². The summed E-state index contributed by atoms with van der Waals surface area (Å²) in [5, 5.41) is 0. The van der Waals surface area contributed by atoms with Crippen LogP contribution in [0.1, 0.15) is 96.3 Å². The van der Waals surface area contributed by atoms with Crippen molar-refractivity contribution in [3.05, 3.63) is 0 Å². The van der Waals surface area contributed by atoms with Gasteiger partial charge in [-0.15, -0.1) is 0 Å². The third-order valence-electron chi connectivity index (χ3n) is 9.17. The summed E-state index contributed by atoms with van der Waals surface area (Å²) in [5.74, 6) is -1.36. The molecule has 3 spiro atoms. The molecule has 3 unspecified atom stereocenters. The molecule has 0 aromatic carbocycles. The number of rotatable bonds is 8. The lowest BCUT2D eigenvalue weighted by molar-refractivity contribution is -0.168. The molecule has 3 aliphatic heterocycles. The normalized spacial score (nSPS) is 33.5. The van der Waals surface area contributed by atoms with Gasteiger partial charge in [-0.05, 0) is 38.5 Å². The predicted octanol–water partition coefficient (Wildman–Crippen LogP) is 3.29. The Kier molecular flexibility index (Phi) is 6.53. The second-order valence-electron chi connectivity index (χ2n) is 11.7. The highest BCUT2D eigenvalue weighted by molar-refractivity contribution is 5.81. The van der Waals surface area contributed by atoms with Gasteiger partial charge in [-0.25, -0.2) is 14.4 Å². The van der Waals surface area contributed by atoms with E-state index in [0.717, 1.165) is 96.3 Å². The largest absolute Gasteiger partial charge is 0.460 e. The first-order valence-electron chi connectivity index (χ1n) is 14.0. The molecule has 6 rings (SSSR count). The maximum atomic E-state index is 12.9. The minimum absolute atomic E-state index is 0.190. The average molecular weight is 507 g/mol. The second kappa shape index (κ2) is 9.55. The van der Waals surface area contributed by atoms with E-state index < -0.39 is 47.9 Å². The standard InChI is InChI=1S/C27H38O9/c28-22(19-25(34-19)10-4-1-5-11-25)31-16-18(33-24(30)21-27(36-21)14-8-3-9-15-27)17-32-23(29)20-26(35-20)12-6-2-7-13-26/h18-21H,1-17H2. The van der Waals surface area contributed by atoms with Crippen molar-refractivity contribution in [1.82, 2.24) is 0 Å². The van der Waals surface area contributed by atoms with Gasteiger partial charge in [-0.2, -0.15) is 0 Å². The summed E-state index contributed by atoms with van der Waals surface area (Å²) in [5.41, 5.74) is -1.15. The summed E-state index contributed by atoms with van der Waals surface area (Å²) in [6, 6.07) is 0. The Hall–Kier alpha value is -1.71. The fourth-order valence-electron chi connectivity index (χ4n) is 6.83. The van der Waals surface area contributed by atoms with Gasteiger partial charge >= 0.3 is 17.9 Å². The number of ether oxygens (including phenoxy) is 6. The van der Waals surface area contributed by atoms with Crippen molar-refractivity contribution in [2.24, 2.45) is 0 Å². The topological polar surface area (TPSA) is 116 Å². The summed E-state index contributed by atoms with van der Waals surface area (Å²) in [6.45, 7) is -0.381. The number of esters is 3. The molecule has 6 fully saturated rings. The highest BCUT2D eigenvalue weighted by Crippen LogP contribution is 2.50. The van der Waals surface area contributed by atoms with E-state index in [2.05, 4.69) is 0 Å². The molecule has 3 aliphatic carbocycles. The van der Waals surface area contributed by atoms with Crippen LogP contribution < -0.4 is 0 Å². The van der Waals surface area contributed by atoms with E-state index in [-0.39, 0.29) is 24.4 Å². The van der Waals surface area contributed by atoms with Crippen molar-refractivity contribution in [2.75, 3.05) is 13.2 Å². The number of carbonyl (C=O) groups is 3. The van der Waals surface area contributed by atoms with Crippen molar-refractivity contribution in [2.45, 2.75) is 138 Å². The van der Waals surface area contributed by atoms with E-state index in [1.165, 1.54) is 0 Å². The van der Waals surface area contributed by atoms with Crippen LogP contribution in [-0.2, 0) is 42.8 Å². The van der Waals surface area contributed by atoms with Crippen LogP contribution in [0, 0.1) is 0 Å². The first-order valence-corrected chi connectivity index (χ1v) is 14.0. The van der Waals surface area contributed by atoms with E-state index in [1.807, 2.05) is 0 Å². The van der Waals surface area contributed by atoms with Crippen LogP contribution in [0.15, 0.2) is 0 Å². The SMILES string of the molecule is O=C(OCC(COC(=O)C1OC12CCCCC2)OC(=O)C1OC12CCCCC2)C1OC12CCCCC2. The van der Waals surface area contributed by atoms with Crippen LogP contribution >= 0.6 is 0 Å². The highest BCUT2D eigenvalue weighted by Gasteiger charge is 2.63. The lowest BCUT2D eigenvalue weighted by Gasteiger charge is -2.21. The Morgan fingerprint density at radius 3 is 1.25 bits per heavy atom. The van der Waals surface area contributed by atoms with Crippen molar-refractivity contribution in [3.8, 4) is 0 Å². The van der Waals surface area contributed by atoms with E-state index in [0.29, 0.717) is 0 Å². The van der Waals surface area contributed by atoms with Gasteiger partial charge in [0.05, 0.1) is 0 Å². The van der Waals surface area contributed by atoms with Crippen molar-refractivity contribution in [3.63, 3.8) is 0 Å². The predicted molar refractivity (Wildman–Crippen MR) is 124 cm³/mol. The van der Waals surface area contributed by atoms with Gasteiger partial charge in [-0.1, -0.05) is 57.8 Å². The first-order chi connectivity index (χ1) is 17.5. The van der Waals surface area contributed by atoms with E-state index in [4.69, 9.17) is 28.4 Å². The summed E-state index contributed by atoms with van der Waals surface area (Å²) in [6.07, 6.45) is 12.3. The molecule has 0 aromatic heterocycles. The van der Waals surface area contributed by atoms with Crippen molar-refractivity contribution >= 4 is 17.9 Å². The van der Waals surface area contributed by atoms with Crippen LogP contribution in [0.3, 0.4) is 0 Å². The molecule has 3 heterocycles. The van der Waals surface area contributed by atoms with Crippen molar-refractivity contribution < 1.29 is 42.8 Å². The van der Waals surface area contributed by atoms with Crippen LogP contribution in [0.2, 0.25) is 0 Å². The summed E-state index contributed by atoms with van der Waals surface area (Å²) < 4.78 is 34.0. The van der Waals surface area contributed by atoms with Gasteiger partial charge in [0.1, 0.15) is 30.0 Å². The quantitative estimate of drug-likeness (QED) is 0.278. The Labute approximate surface area is 211 Å². The maximum Gasteiger partial charge on any atom is 0.338 e. The fraction of sp³-hybridized carbons (Fsp3) is 0.889. The first kappa shape index (κ1) is 24.6. The van der Waals surface area contributed by atoms with Crippen LogP contribution in [0.5, 0.6) is 0 Å². The lowest BCUT2D eigenvalue weighted by Crippen LogP contribution is -2.36.